The van der Waals surface area contributed by atoms with Crippen LogP contribution in [0, 0.1) is 5.92 Å². The molecule has 0 saturated heterocycles. The van der Waals surface area contributed by atoms with Gasteiger partial charge in [-0.2, -0.15) is 13.2 Å². The lowest BCUT2D eigenvalue weighted by Gasteiger charge is -2.29. The number of nitrogens with two attached hydrogens (primary N) is 1. The van der Waals surface area contributed by atoms with Crippen molar-refractivity contribution in [2.45, 2.75) is 48.5 Å². The van der Waals surface area contributed by atoms with E-state index in [1.54, 1.807) is 18.2 Å². The molecule has 1 fully saturated rings. The van der Waals surface area contributed by atoms with Gasteiger partial charge in [-0.15, -0.1) is 12.4 Å². The van der Waals surface area contributed by atoms with Crippen LogP contribution in [0.1, 0.15) is 43.7 Å². The van der Waals surface area contributed by atoms with Gasteiger partial charge in [0.25, 0.3) is 0 Å². The summed E-state index contributed by atoms with van der Waals surface area (Å²) in [5, 5.41) is 0. The van der Waals surface area contributed by atoms with E-state index in [-0.39, 0.29) is 35.1 Å². The zero-order valence-electron chi connectivity index (χ0n) is 11.0. The van der Waals surface area contributed by atoms with Crippen LogP contribution in [0.25, 0.3) is 0 Å². The molecule has 1 aromatic rings. The first-order chi connectivity index (χ1) is 8.97. The molecule has 0 heterocycles. The predicted molar refractivity (Wildman–Crippen MR) is 79.1 cm³/mol. The third-order valence-corrected chi connectivity index (χ3v) is 4.48. The summed E-state index contributed by atoms with van der Waals surface area (Å²) in [5.74, 6) is 0.309. The maximum absolute atomic E-state index is 12.5. The van der Waals surface area contributed by atoms with Crippen LogP contribution in [-0.4, -0.2) is 5.51 Å². The molecule has 0 spiro atoms. The fraction of sp³-hybridized carbons (Fsp3) is 0.571. The normalized spacial score (nSPS) is 18.4. The number of alkyl halides is 3. The molecule has 0 aromatic heterocycles. The highest BCUT2D eigenvalue weighted by Crippen LogP contribution is 2.42. The van der Waals surface area contributed by atoms with Crippen LogP contribution >= 0.6 is 24.2 Å². The molecule has 2 N–H and O–H groups in total. The van der Waals surface area contributed by atoms with Crippen LogP contribution in [0.3, 0.4) is 0 Å². The first kappa shape index (κ1) is 17.7. The summed E-state index contributed by atoms with van der Waals surface area (Å²) in [4.78, 5) is 0.244. The number of hydrogen-bond donors (Lipinski definition) is 1. The van der Waals surface area contributed by atoms with Gasteiger partial charge in [-0.25, -0.2) is 0 Å². The van der Waals surface area contributed by atoms with Crippen LogP contribution in [0.15, 0.2) is 29.2 Å². The van der Waals surface area contributed by atoms with Crippen molar-refractivity contribution in [2.24, 2.45) is 11.7 Å². The van der Waals surface area contributed by atoms with E-state index in [1.807, 2.05) is 0 Å². The van der Waals surface area contributed by atoms with Gasteiger partial charge >= 0.3 is 5.51 Å². The lowest BCUT2D eigenvalue weighted by Crippen LogP contribution is -2.24. The maximum Gasteiger partial charge on any atom is 0.446 e. The summed E-state index contributed by atoms with van der Waals surface area (Å²) >= 11 is -0.0603. The molecule has 0 bridgehead atoms. The summed E-state index contributed by atoms with van der Waals surface area (Å²) in [7, 11) is 0. The molecule has 1 nitrogen and oxygen atoms in total. The second-order valence-corrected chi connectivity index (χ2v) is 6.12. The Bertz CT molecular complexity index is 419. The van der Waals surface area contributed by atoms with Crippen molar-refractivity contribution in [1.29, 1.82) is 0 Å². The third-order valence-electron chi connectivity index (χ3n) is 3.66. The Balaban J connectivity index is 0.00000200. The zero-order chi connectivity index (χ0) is 13.9. The standard InChI is InChI=1S/C14H18F3NS.ClH/c15-14(16,17)19-12-9-5-4-8-11(12)13(18)10-6-2-1-3-7-10;/h4-5,8-10,13H,1-3,6-7,18H2;1H/t13-;/m1./s1. The van der Waals surface area contributed by atoms with E-state index in [4.69, 9.17) is 5.73 Å². The highest BCUT2D eigenvalue weighted by molar-refractivity contribution is 8.00. The summed E-state index contributed by atoms with van der Waals surface area (Å²) < 4.78 is 37.6. The van der Waals surface area contributed by atoms with Gasteiger partial charge in [0.05, 0.1) is 0 Å². The molecule has 1 atom stereocenters. The van der Waals surface area contributed by atoms with Crippen LogP contribution in [0.5, 0.6) is 0 Å². The smallest absolute Gasteiger partial charge is 0.324 e. The van der Waals surface area contributed by atoms with Gasteiger partial charge in [0.1, 0.15) is 0 Å². The van der Waals surface area contributed by atoms with E-state index < -0.39 is 5.51 Å². The van der Waals surface area contributed by atoms with E-state index in [0.717, 1.165) is 25.7 Å². The first-order valence-corrected chi connectivity index (χ1v) is 7.39. The molecule has 6 heteroatoms. The van der Waals surface area contributed by atoms with Crippen molar-refractivity contribution in [2.75, 3.05) is 0 Å². The van der Waals surface area contributed by atoms with Crippen molar-refractivity contribution >= 4 is 24.2 Å². The Hall–Kier alpha value is -0.390. The van der Waals surface area contributed by atoms with E-state index in [1.165, 1.54) is 12.5 Å². The summed E-state index contributed by atoms with van der Waals surface area (Å²) in [6.07, 6.45) is 5.51. The Morgan fingerprint density at radius 2 is 1.70 bits per heavy atom. The highest BCUT2D eigenvalue weighted by atomic mass is 35.5. The van der Waals surface area contributed by atoms with Crippen molar-refractivity contribution in [3.8, 4) is 0 Å². The van der Waals surface area contributed by atoms with E-state index >= 15 is 0 Å². The third kappa shape index (κ3) is 4.86. The van der Waals surface area contributed by atoms with Crippen LogP contribution in [0.2, 0.25) is 0 Å². The number of halogens is 4. The molecule has 0 unspecified atom stereocenters. The largest absolute Gasteiger partial charge is 0.446 e. The average Bonchev–Trinajstić information content (AvgIpc) is 2.38. The molecule has 20 heavy (non-hydrogen) atoms. The van der Waals surface area contributed by atoms with Gasteiger partial charge in [-0.05, 0) is 42.2 Å². The van der Waals surface area contributed by atoms with E-state index in [9.17, 15) is 13.2 Å². The fourth-order valence-corrected chi connectivity index (χ4v) is 3.44. The Morgan fingerprint density at radius 3 is 2.30 bits per heavy atom. The predicted octanol–water partition coefficient (Wildman–Crippen LogP) is 5.30. The Labute approximate surface area is 127 Å². The summed E-state index contributed by atoms with van der Waals surface area (Å²) in [5.41, 5.74) is 2.58. The molecule has 0 amide bonds. The molecule has 1 aliphatic carbocycles. The number of rotatable bonds is 3. The maximum atomic E-state index is 12.5. The highest BCUT2D eigenvalue weighted by Gasteiger charge is 2.32. The van der Waals surface area contributed by atoms with Crippen LogP contribution in [-0.2, 0) is 0 Å². The van der Waals surface area contributed by atoms with Crippen molar-refractivity contribution in [3.05, 3.63) is 29.8 Å². The van der Waals surface area contributed by atoms with Gasteiger partial charge in [0, 0.05) is 10.9 Å². The molecule has 0 radical (unpaired) electrons. The van der Waals surface area contributed by atoms with Gasteiger partial charge < -0.3 is 5.73 Å². The quantitative estimate of drug-likeness (QED) is 0.763. The van der Waals surface area contributed by atoms with Gasteiger partial charge in [0.2, 0.25) is 0 Å². The lowest BCUT2D eigenvalue weighted by atomic mass is 9.81. The lowest BCUT2D eigenvalue weighted by molar-refractivity contribution is -0.0328. The number of hydrogen-bond acceptors (Lipinski definition) is 2. The SMILES string of the molecule is Cl.N[C@@H](c1ccccc1SC(F)(F)F)C1CCCCC1. The molecule has 2 rings (SSSR count). The van der Waals surface area contributed by atoms with Crippen molar-refractivity contribution in [1.82, 2.24) is 0 Å². The molecule has 1 aliphatic rings. The zero-order valence-corrected chi connectivity index (χ0v) is 12.7. The molecule has 1 saturated carbocycles. The van der Waals surface area contributed by atoms with Gasteiger partial charge in [0.15, 0.2) is 0 Å². The molecule has 114 valence electrons. The number of benzene rings is 1. The minimum absolute atomic E-state index is 0. The van der Waals surface area contributed by atoms with E-state index in [2.05, 4.69) is 0 Å². The van der Waals surface area contributed by atoms with Crippen LogP contribution < -0.4 is 5.73 Å². The first-order valence-electron chi connectivity index (χ1n) is 6.57. The second kappa shape index (κ2) is 7.57. The average molecular weight is 326 g/mol. The Morgan fingerprint density at radius 1 is 1.10 bits per heavy atom. The molecule has 1 aromatic carbocycles. The summed E-state index contributed by atoms with van der Waals surface area (Å²) in [6.45, 7) is 0. The van der Waals surface area contributed by atoms with Gasteiger partial charge in [-0.1, -0.05) is 37.5 Å². The fourth-order valence-electron chi connectivity index (χ4n) is 2.72. The van der Waals surface area contributed by atoms with E-state index in [0.29, 0.717) is 11.5 Å². The van der Waals surface area contributed by atoms with Gasteiger partial charge in [-0.3, -0.25) is 0 Å². The minimum atomic E-state index is -4.26. The minimum Gasteiger partial charge on any atom is -0.324 e. The topological polar surface area (TPSA) is 26.0 Å². The summed E-state index contributed by atoms with van der Waals surface area (Å²) in [6, 6.07) is 6.35. The number of thioether (sulfide) groups is 1. The molecular weight excluding hydrogens is 307 g/mol. The van der Waals surface area contributed by atoms with Crippen molar-refractivity contribution < 1.29 is 13.2 Å². The molecular formula is C14H19ClF3NS. The van der Waals surface area contributed by atoms with Crippen LogP contribution in [0.4, 0.5) is 13.2 Å². The molecule has 0 aliphatic heterocycles. The second-order valence-electron chi connectivity index (χ2n) is 5.01. The Kier molecular flexibility index (Phi) is 6.69. The van der Waals surface area contributed by atoms with Crippen molar-refractivity contribution in [3.63, 3.8) is 0 Å². The monoisotopic (exact) mass is 325 g/mol.